The lowest BCUT2D eigenvalue weighted by Crippen LogP contribution is -2.01. The van der Waals surface area contributed by atoms with Gasteiger partial charge in [-0.2, -0.15) is 0 Å². The summed E-state index contributed by atoms with van der Waals surface area (Å²) in [6.07, 6.45) is 4.13. The number of allylic oxidation sites excluding steroid dienone is 1. The predicted octanol–water partition coefficient (Wildman–Crippen LogP) is 0.279. The van der Waals surface area contributed by atoms with E-state index in [9.17, 15) is 4.79 Å². The molecule has 10 heavy (non-hydrogen) atoms. The third-order valence-electron chi connectivity index (χ3n) is 1.04. The van der Waals surface area contributed by atoms with Crippen LogP contribution in [0.1, 0.15) is 13.3 Å². The molecule has 0 aliphatic rings. The molecule has 3 heteroatoms. The number of ether oxygens (including phenoxy) is 1. The number of rotatable bonds is 4. The molecule has 0 spiro atoms. The van der Waals surface area contributed by atoms with Crippen molar-refractivity contribution < 1.29 is 9.53 Å². The molecule has 0 aromatic carbocycles. The van der Waals surface area contributed by atoms with Gasteiger partial charge >= 0.3 is 5.97 Å². The molecule has 0 aliphatic carbocycles. The van der Waals surface area contributed by atoms with Crippen LogP contribution < -0.4 is 0 Å². The normalized spacial score (nSPS) is 10.5. The van der Waals surface area contributed by atoms with Crippen molar-refractivity contribution in [3.63, 3.8) is 0 Å². The molecule has 0 fully saturated rings. The lowest BCUT2D eigenvalue weighted by Gasteiger charge is -1.97. The standard InChI is InChI=1S/C7H14O2Si/c1-2-4-7(8)9-5-3-6-10/h2,4H,3,5-6H2,1,10H3/b4-2+. The Bertz CT molecular complexity index is 121. The van der Waals surface area contributed by atoms with Crippen molar-refractivity contribution >= 4 is 16.2 Å². The van der Waals surface area contributed by atoms with Crippen LogP contribution in [0.2, 0.25) is 6.04 Å². The summed E-state index contributed by atoms with van der Waals surface area (Å²) in [4.78, 5) is 10.6. The lowest BCUT2D eigenvalue weighted by atomic mass is 10.5. The molecule has 0 N–H and O–H groups in total. The lowest BCUT2D eigenvalue weighted by molar-refractivity contribution is -0.137. The largest absolute Gasteiger partial charge is 0.463 e. The first-order valence-electron chi connectivity index (χ1n) is 3.60. The summed E-state index contributed by atoms with van der Waals surface area (Å²) in [5.41, 5.74) is 0. The molecule has 0 amide bonds. The van der Waals surface area contributed by atoms with Gasteiger partial charge in [0.15, 0.2) is 0 Å². The highest BCUT2D eigenvalue weighted by molar-refractivity contribution is 6.08. The van der Waals surface area contributed by atoms with E-state index in [0.717, 1.165) is 6.42 Å². The van der Waals surface area contributed by atoms with Crippen molar-refractivity contribution in [3.8, 4) is 0 Å². The number of hydrogen-bond acceptors (Lipinski definition) is 2. The maximum Gasteiger partial charge on any atom is 0.330 e. The molecular weight excluding hydrogens is 144 g/mol. The zero-order valence-corrected chi connectivity index (χ0v) is 8.59. The molecule has 0 radical (unpaired) electrons. The first-order chi connectivity index (χ1) is 4.81. The predicted molar refractivity (Wildman–Crippen MR) is 45.1 cm³/mol. The van der Waals surface area contributed by atoms with Crippen molar-refractivity contribution in [1.82, 2.24) is 0 Å². The van der Waals surface area contributed by atoms with E-state index >= 15 is 0 Å². The van der Waals surface area contributed by atoms with Crippen LogP contribution in [0.25, 0.3) is 0 Å². The van der Waals surface area contributed by atoms with Crippen LogP contribution >= 0.6 is 0 Å². The Balaban J connectivity index is 3.22. The summed E-state index contributed by atoms with van der Waals surface area (Å²) >= 11 is 0. The molecular formula is C7H14O2Si. The van der Waals surface area contributed by atoms with E-state index in [-0.39, 0.29) is 5.97 Å². The zero-order valence-electron chi connectivity index (χ0n) is 6.59. The quantitative estimate of drug-likeness (QED) is 0.254. The summed E-state index contributed by atoms with van der Waals surface area (Å²) < 4.78 is 4.82. The smallest absolute Gasteiger partial charge is 0.330 e. The van der Waals surface area contributed by atoms with Gasteiger partial charge in [0.1, 0.15) is 0 Å². The average molecular weight is 158 g/mol. The molecule has 0 aliphatic heterocycles. The van der Waals surface area contributed by atoms with Crippen molar-refractivity contribution in [2.75, 3.05) is 6.61 Å². The Morgan fingerprint density at radius 2 is 2.40 bits per heavy atom. The van der Waals surface area contributed by atoms with Crippen molar-refractivity contribution in [1.29, 1.82) is 0 Å². The Kier molecular flexibility index (Phi) is 6.17. The minimum atomic E-state index is -0.224. The molecule has 2 nitrogen and oxygen atoms in total. The first-order valence-corrected chi connectivity index (χ1v) is 5.02. The summed E-state index contributed by atoms with van der Waals surface area (Å²) in [6, 6.07) is 1.20. The Morgan fingerprint density at radius 1 is 1.70 bits per heavy atom. The highest BCUT2D eigenvalue weighted by Crippen LogP contribution is 1.87. The van der Waals surface area contributed by atoms with Gasteiger partial charge in [-0.1, -0.05) is 12.1 Å². The van der Waals surface area contributed by atoms with Gasteiger partial charge in [0.25, 0.3) is 0 Å². The molecule has 0 heterocycles. The third-order valence-corrected chi connectivity index (χ3v) is 1.75. The molecule has 0 saturated heterocycles. The zero-order chi connectivity index (χ0) is 7.82. The van der Waals surface area contributed by atoms with Gasteiger partial charge in [0.2, 0.25) is 0 Å². The van der Waals surface area contributed by atoms with E-state index < -0.39 is 0 Å². The van der Waals surface area contributed by atoms with Crippen LogP contribution in [-0.4, -0.2) is 22.8 Å². The number of carbonyl (C=O) groups excluding carboxylic acids is 1. The Morgan fingerprint density at radius 3 is 2.90 bits per heavy atom. The summed E-state index contributed by atoms with van der Waals surface area (Å²) in [7, 11) is 1.19. The first kappa shape index (κ1) is 9.43. The Hall–Kier alpha value is -0.573. The molecule has 0 saturated carbocycles. The van der Waals surface area contributed by atoms with E-state index in [1.165, 1.54) is 22.4 Å². The minimum absolute atomic E-state index is 0.224. The highest BCUT2D eigenvalue weighted by atomic mass is 28.1. The number of esters is 1. The fourth-order valence-electron chi connectivity index (χ4n) is 0.501. The van der Waals surface area contributed by atoms with E-state index in [2.05, 4.69) is 0 Å². The van der Waals surface area contributed by atoms with Gasteiger partial charge in [-0.15, -0.1) is 0 Å². The van der Waals surface area contributed by atoms with Crippen molar-refractivity contribution in [2.45, 2.75) is 19.4 Å². The van der Waals surface area contributed by atoms with Gasteiger partial charge in [0.05, 0.1) is 6.61 Å². The van der Waals surface area contributed by atoms with Crippen LogP contribution in [0.15, 0.2) is 12.2 Å². The second-order valence-electron chi connectivity index (χ2n) is 2.02. The van der Waals surface area contributed by atoms with Crippen LogP contribution in [0.3, 0.4) is 0 Å². The monoisotopic (exact) mass is 158 g/mol. The van der Waals surface area contributed by atoms with Gasteiger partial charge in [-0.05, 0) is 13.3 Å². The molecule has 0 unspecified atom stereocenters. The summed E-state index contributed by atoms with van der Waals surface area (Å²) in [6.45, 7) is 2.38. The van der Waals surface area contributed by atoms with E-state index in [1.807, 2.05) is 0 Å². The molecule has 0 aromatic rings. The maximum atomic E-state index is 10.6. The summed E-state index contributed by atoms with van der Waals surface area (Å²) in [5, 5.41) is 0. The van der Waals surface area contributed by atoms with Gasteiger partial charge in [-0.25, -0.2) is 4.79 Å². The van der Waals surface area contributed by atoms with Crippen molar-refractivity contribution in [3.05, 3.63) is 12.2 Å². The van der Waals surface area contributed by atoms with Crippen LogP contribution in [0.5, 0.6) is 0 Å². The third kappa shape index (κ3) is 5.56. The molecule has 0 bridgehead atoms. The highest BCUT2D eigenvalue weighted by Gasteiger charge is 1.92. The number of hydrogen-bond donors (Lipinski definition) is 0. The van der Waals surface area contributed by atoms with Crippen LogP contribution in [0, 0.1) is 0 Å². The molecule has 0 atom stereocenters. The van der Waals surface area contributed by atoms with E-state index in [0.29, 0.717) is 6.61 Å². The van der Waals surface area contributed by atoms with Gasteiger partial charge in [-0.3, -0.25) is 0 Å². The van der Waals surface area contributed by atoms with Gasteiger partial charge in [0, 0.05) is 16.3 Å². The van der Waals surface area contributed by atoms with Crippen molar-refractivity contribution in [2.24, 2.45) is 0 Å². The number of carbonyl (C=O) groups is 1. The van der Waals surface area contributed by atoms with E-state index in [1.54, 1.807) is 13.0 Å². The molecule has 58 valence electrons. The molecule has 0 rings (SSSR count). The maximum absolute atomic E-state index is 10.6. The topological polar surface area (TPSA) is 26.3 Å². The SMILES string of the molecule is C/C=C/C(=O)OCCC[SiH3]. The molecule has 0 aromatic heterocycles. The fraction of sp³-hybridized carbons (Fsp3) is 0.571. The van der Waals surface area contributed by atoms with Gasteiger partial charge < -0.3 is 4.74 Å². The second-order valence-corrected chi connectivity index (χ2v) is 3.02. The summed E-state index contributed by atoms with van der Waals surface area (Å²) in [5.74, 6) is -0.224. The fourth-order valence-corrected chi connectivity index (χ4v) is 0.790. The minimum Gasteiger partial charge on any atom is -0.463 e. The Labute approximate surface area is 64.7 Å². The van der Waals surface area contributed by atoms with E-state index in [4.69, 9.17) is 4.74 Å². The van der Waals surface area contributed by atoms with Crippen LogP contribution in [0.4, 0.5) is 0 Å². The average Bonchev–Trinajstić information content (AvgIpc) is 1.89. The second kappa shape index (κ2) is 6.55. The van der Waals surface area contributed by atoms with Crippen LogP contribution in [-0.2, 0) is 9.53 Å².